The zero-order chi connectivity index (χ0) is 21.9. The Labute approximate surface area is 187 Å². The minimum atomic E-state index is -0.527. The number of aromatic amines is 1. The number of para-hydroxylation sites is 1. The highest BCUT2D eigenvalue weighted by molar-refractivity contribution is 5.98. The van der Waals surface area contributed by atoms with Crippen LogP contribution in [0.2, 0.25) is 0 Å². The number of nitrogens with one attached hydrogen (secondary N) is 2. The van der Waals surface area contributed by atoms with Crippen LogP contribution in [-0.2, 0) is 24.2 Å². The predicted molar refractivity (Wildman–Crippen MR) is 125 cm³/mol. The van der Waals surface area contributed by atoms with E-state index in [0.29, 0.717) is 25.1 Å². The largest absolute Gasteiger partial charge is 0.361 e. The van der Waals surface area contributed by atoms with E-state index in [1.54, 1.807) is 17.0 Å². The van der Waals surface area contributed by atoms with Gasteiger partial charge in [-0.1, -0.05) is 60.7 Å². The number of H-pyrrole nitrogens is 1. The molecule has 3 aromatic carbocycles. The normalized spacial score (nSPS) is 15.4. The molecule has 5 heteroatoms. The van der Waals surface area contributed by atoms with Crippen LogP contribution in [0.4, 0.5) is 0 Å². The van der Waals surface area contributed by atoms with Crippen LogP contribution in [0.5, 0.6) is 0 Å². The fraction of sp³-hybridized carbons (Fsp3) is 0.185. The first-order chi connectivity index (χ1) is 15.7. The molecule has 0 spiro atoms. The lowest BCUT2D eigenvalue weighted by atomic mass is 9.92. The van der Waals surface area contributed by atoms with Gasteiger partial charge in [0.1, 0.15) is 6.04 Å². The summed E-state index contributed by atoms with van der Waals surface area (Å²) in [7, 11) is 0. The number of carbonyl (C=O) groups excluding carboxylic acids is 2. The van der Waals surface area contributed by atoms with Crippen molar-refractivity contribution in [3.8, 4) is 0 Å². The number of benzene rings is 3. The zero-order valence-electron chi connectivity index (χ0n) is 17.8. The average Bonchev–Trinajstić information content (AvgIpc) is 3.26. The molecule has 0 saturated carbocycles. The maximum absolute atomic E-state index is 13.3. The molecule has 1 atom stereocenters. The lowest BCUT2D eigenvalue weighted by Gasteiger charge is -2.36. The Morgan fingerprint density at radius 2 is 1.62 bits per heavy atom. The van der Waals surface area contributed by atoms with Crippen molar-refractivity contribution in [2.45, 2.75) is 25.4 Å². The van der Waals surface area contributed by atoms with Gasteiger partial charge in [0, 0.05) is 42.2 Å². The minimum Gasteiger partial charge on any atom is -0.361 e. The molecule has 0 saturated heterocycles. The highest BCUT2D eigenvalue weighted by Crippen LogP contribution is 2.25. The topological polar surface area (TPSA) is 65.2 Å². The molecule has 1 aliphatic rings. The third-order valence-electron chi connectivity index (χ3n) is 6.20. The van der Waals surface area contributed by atoms with Crippen molar-refractivity contribution in [1.29, 1.82) is 0 Å². The first-order valence-electron chi connectivity index (χ1n) is 11.0. The molecular formula is C27H25N3O2. The Morgan fingerprint density at radius 3 is 2.47 bits per heavy atom. The van der Waals surface area contributed by atoms with Gasteiger partial charge in [0.2, 0.25) is 5.91 Å². The molecule has 1 aromatic heterocycles. The quantitative estimate of drug-likeness (QED) is 0.508. The van der Waals surface area contributed by atoms with Crippen LogP contribution in [0.15, 0.2) is 85.1 Å². The van der Waals surface area contributed by atoms with Crippen molar-refractivity contribution in [1.82, 2.24) is 15.2 Å². The Hall–Kier alpha value is -3.86. The summed E-state index contributed by atoms with van der Waals surface area (Å²) in [6, 6.07) is 24.9. The highest BCUT2D eigenvalue weighted by Gasteiger charge is 2.34. The molecule has 0 bridgehead atoms. The van der Waals surface area contributed by atoms with Gasteiger partial charge in [0.05, 0.1) is 0 Å². The van der Waals surface area contributed by atoms with E-state index < -0.39 is 6.04 Å². The van der Waals surface area contributed by atoms with Gasteiger partial charge in [0.15, 0.2) is 0 Å². The van der Waals surface area contributed by atoms with E-state index in [4.69, 9.17) is 0 Å². The van der Waals surface area contributed by atoms with Crippen LogP contribution >= 0.6 is 0 Å². The van der Waals surface area contributed by atoms with Crippen LogP contribution in [0.3, 0.4) is 0 Å². The summed E-state index contributed by atoms with van der Waals surface area (Å²) in [6.45, 7) is 0.955. The number of carbonyl (C=O) groups is 2. The average molecular weight is 424 g/mol. The van der Waals surface area contributed by atoms with Gasteiger partial charge in [-0.3, -0.25) is 9.59 Å². The van der Waals surface area contributed by atoms with E-state index in [0.717, 1.165) is 23.1 Å². The lowest BCUT2D eigenvalue weighted by Crippen LogP contribution is -2.52. The van der Waals surface area contributed by atoms with Gasteiger partial charge < -0.3 is 15.2 Å². The predicted octanol–water partition coefficient (Wildman–Crippen LogP) is 4.09. The van der Waals surface area contributed by atoms with Gasteiger partial charge >= 0.3 is 0 Å². The summed E-state index contributed by atoms with van der Waals surface area (Å²) in [5.74, 6) is -0.222. The van der Waals surface area contributed by atoms with Gasteiger partial charge in [-0.25, -0.2) is 0 Å². The molecule has 5 rings (SSSR count). The molecule has 4 aromatic rings. The van der Waals surface area contributed by atoms with Crippen molar-refractivity contribution in [3.05, 3.63) is 107 Å². The second kappa shape index (κ2) is 8.71. The standard InChI is InChI=1S/C27H25N3O2/c31-26(28-15-14-21-17-29-24-13-7-6-12-23(21)24)25-16-20-10-4-5-11-22(20)18-30(25)27(32)19-8-2-1-3-9-19/h1-13,17,25,29H,14-16,18H2,(H,28,31)/t25-/m1/s1. The molecule has 2 N–H and O–H groups in total. The summed E-state index contributed by atoms with van der Waals surface area (Å²) in [5, 5.41) is 4.25. The van der Waals surface area contributed by atoms with Crippen LogP contribution in [0.25, 0.3) is 10.9 Å². The van der Waals surface area contributed by atoms with E-state index in [-0.39, 0.29) is 11.8 Å². The third kappa shape index (κ3) is 3.89. The zero-order valence-corrected chi connectivity index (χ0v) is 17.8. The van der Waals surface area contributed by atoms with Gasteiger partial charge in [0.25, 0.3) is 5.91 Å². The number of hydrogen-bond acceptors (Lipinski definition) is 2. The first-order valence-corrected chi connectivity index (χ1v) is 11.0. The van der Waals surface area contributed by atoms with Gasteiger partial charge in [-0.05, 0) is 41.3 Å². The molecule has 0 aliphatic carbocycles. The van der Waals surface area contributed by atoms with Crippen molar-refractivity contribution >= 4 is 22.7 Å². The third-order valence-corrected chi connectivity index (χ3v) is 6.20. The van der Waals surface area contributed by atoms with Crippen LogP contribution in [0, 0.1) is 0 Å². The fourth-order valence-electron chi connectivity index (χ4n) is 4.49. The maximum atomic E-state index is 13.3. The minimum absolute atomic E-state index is 0.108. The summed E-state index contributed by atoms with van der Waals surface area (Å²) in [5.41, 5.74) is 5.09. The summed E-state index contributed by atoms with van der Waals surface area (Å²) in [6.07, 6.45) is 3.25. The molecule has 0 unspecified atom stereocenters. The molecular weight excluding hydrogens is 398 g/mol. The summed E-state index contributed by atoms with van der Waals surface area (Å²) < 4.78 is 0. The van der Waals surface area contributed by atoms with E-state index in [1.165, 1.54) is 10.9 Å². The van der Waals surface area contributed by atoms with Crippen molar-refractivity contribution < 1.29 is 9.59 Å². The SMILES string of the molecule is O=C(NCCc1c[nH]c2ccccc12)[C@H]1Cc2ccccc2CN1C(=O)c1ccccc1. The second-order valence-corrected chi connectivity index (χ2v) is 8.19. The van der Waals surface area contributed by atoms with E-state index in [1.807, 2.05) is 66.9 Å². The van der Waals surface area contributed by atoms with Gasteiger partial charge in [-0.2, -0.15) is 0 Å². The molecule has 5 nitrogen and oxygen atoms in total. The number of hydrogen-bond donors (Lipinski definition) is 2. The number of amides is 2. The Kier molecular flexibility index (Phi) is 5.46. The monoisotopic (exact) mass is 423 g/mol. The van der Waals surface area contributed by atoms with Crippen molar-refractivity contribution in [3.63, 3.8) is 0 Å². The summed E-state index contributed by atoms with van der Waals surface area (Å²) in [4.78, 5) is 31.5. The van der Waals surface area contributed by atoms with E-state index in [9.17, 15) is 9.59 Å². The smallest absolute Gasteiger partial charge is 0.254 e. The van der Waals surface area contributed by atoms with E-state index >= 15 is 0 Å². The first kappa shape index (κ1) is 20.1. The number of nitrogens with zero attached hydrogens (tertiary/aromatic N) is 1. The van der Waals surface area contributed by atoms with Crippen molar-refractivity contribution in [2.24, 2.45) is 0 Å². The maximum Gasteiger partial charge on any atom is 0.254 e. The van der Waals surface area contributed by atoms with Crippen LogP contribution < -0.4 is 5.32 Å². The Bertz CT molecular complexity index is 1260. The Balaban J connectivity index is 1.33. The highest BCUT2D eigenvalue weighted by atomic mass is 16.2. The summed E-state index contributed by atoms with van der Waals surface area (Å²) >= 11 is 0. The van der Waals surface area contributed by atoms with Crippen LogP contribution in [0.1, 0.15) is 27.0 Å². The van der Waals surface area contributed by atoms with E-state index in [2.05, 4.69) is 16.4 Å². The lowest BCUT2D eigenvalue weighted by molar-refractivity contribution is -0.126. The molecule has 1 aliphatic heterocycles. The van der Waals surface area contributed by atoms with Crippen molar-refractivity contribution in [2.75, 3.05) is 6.54 Å². The number of fused-ring (bicyclic) bond motifs is 2. The molecule has 0 fully saturated rings. The van der Waals surface area contributed by atoms with Crippen LogP contribution in [-0.4, -0.2) is 34.3 Å². The Morgan fingerprint density at radius 1 is 0.906 bits per heavy atom. The number of rotatable bonds is 5. The number of aromatic nitrogens is 1. The fourth-order valence-corrected chi connectivity index (χ4v) is 4.49. The molecule has 160 valence electrons. The molecule has 32 heavy (non-hydrogen) atoms. The van der Waals surface area contributed by atoms with Gasteiger partial charge in [-0.15, -0.1) is 0 Å². The molecule has 2 amide bonds. The molecule has 0 radical (unpaired) electrons. The second-order valence-electron chi connectivity index (χ2n) is 8.19. The molecule has 2 heterocycles.